The van der Waals surface area contributed by atoms with Crippen molar-refractivity contribution in [3.63, 3.8) is 0 Å². The van der Waals surface area contributed by atoms with E-state index in [1.165, 1.54) is 6.07 Å². The molecule has 0 fully saturated rings. The van der Waals surface area contributed by atoms with Crippen LogP contribution in [0.1, 0.15) is 21.5 Å². The van der Waals surface area contributed by atoms with Crippen LogP contribution in [0.4, 0.5) is 11.4 Å². The summed E-state index contributed by atoms with van der Waals surface area (Å²) in [6, 6.07) is 22.3. The number of fused-ring (bicyclic) bond motifs is 1. The largest absolute Gasteiger partial charge is 0.507 e. The molecule has 4 nitrogen and oxygen atoms in total. The van der Waals surface area contributed by atoms with Gasteiger partial charge in [0.25, 0.3) is 5.91 Å². The van der Waals surface area contributed by atoms with Crippen molar-refractivity contribution in [1.82, 2.24) is 0 Å². The Morgan fingerprint density at radius 3 is 2.54 bits per heavy atom. The Hall–Kier alpha value is -3.53. The predicted molar refractivity (Wildman–Crippen MR) is 105 cm³/mol. The Morgan fingerprint density at radius 2 is 1.65 bits per heavy atom. The topological polar surface area (TPSA) is 61.4 Å². The Bertz CT molecular complexity index is 1010. The highest BCUT2D eigenvalue weighted by Crippen LogP contribution is 2.32. The van der Waals surface area contributed by atoms with Gasteiger partial charge >= 0.3 is 0 Å². The van der Waals surface area contributed by atoms with Crippen molar-refractivity contribution in [3.8, 4) is 5.75 Å². The normalized spacial score (nSPS) is 12.5. The summed E-state index contributed by atoms with van der Waals surface area (Å²) in [5.41, 5.74) is 5.24. The van der Waals surface area contributed by atoms with Gasteiger partial charge in [0.15, 0.2) is 0 Å². The molecule has 1 aliphatic rings. The number of benzene rings is 3. The molecule has 1 aliphatic heterocycles. The summed E-state index contributed by atoms with van der Waals surface area (Å²) in [6.45, 7) is 0.681. The average molecular weight is 342 g/mol. The minimum absolute atomic E-state index is 0.0324. The quantitative estimate of drug-likeness (QED) is 0.651. The molecule has 1 amide bonds. The van der Waals surface area contributed by atoms with Crippen molar-refractivity contribution < 1.29 is 9.90 Å². The van der Waals surface area contributed by atoms with Crippen LogP contribution in [0.3, 0.4) is 0 Å². The highest BCUT2D eigenvalue weighted by molar-refractivity contribution is 6.08. The van der Waals surface area contributed by atoms with E-state index in [2.05, 4.69) is 28.8 Å². The van der Waals surface area contributed by atoms with Gasteiger partial charge in [0, 0.05) is 23.5 Å². The monoisotopic (exact) mass is 342 g/mol. The third-order valence-corrected chi connectivity index (χ3v) is 4.43. The first-order valence-corrected chi connectivity index (χ1v) is 8.44. The van der Waals surface area contributed by atoms with Gasteiger partial charge in [0.1, 0.15) is 5.75 Å². The molecule has 1 heterocycles. The standard InChI is InChI=1S/C22H18N2O2/c25-21-12-6-3-9-18(21)22(26)24-20-11-5-2-8-17(20)16-13-15-7-1-4-10-19(15)23-14-16/h1-13,23,25H,14H2,(H,24,26). The molecule has 4 rings (SSSR count). The van der Waals surface area contributed by atoms with Gasteiger partial charge in [-0.05, 0) is 41.5 Å². The Morgan fingerprint density at radius 1 is 0.923 bits per heavy atom. The van der Waals surface area contributed by atoms with Crippen LogP contribution in [0.15, 0.2) is 72.8 Å². The summed E-state index contributed by atoms with van der Waals surface area (Å²) < 4.78 is 0. The minimum Gasteiger partial charge on any atom is -0.507 e. The van der Waals surface area contributed by atoms with Crippen LogP contribution >= 0.6 is 0 Å². The molecule has 0 aliphatic carbocycles. The second kappa shape index (κ2) is 6.76. The molecule has 4 heteroatoms. The van der Waals surface area contributed by atoms with Crippen LogP contribution in [0.25, 0.3) is 11.6 Å². The number of carbonyl (C=O) groups is 1. The van der Waals surface area contributed by atoms with Gasteiger partial charge in [-0.2, -0.15) is 0 Å². The average Bonchev–Trinajstić information content (AvgIpc) is 2.68. The molecule has 3 N–H and O–H groups in total. The maximum absolute atomic E-state index is 12.6. The zero-order valence-electron chi connectivity index (χ0n) is 14.1. The van der Waals surface area contributed by atoms with Crippen LogP contribution in [0, 0.1) is 0 Å². The number of para-hydroxylation sites is 3. The maximum atomic E-state index is 12.6. The fourth-order valence-corrected chi connectivity index (χ4v) is 3.11. The van der Waals surface area contributed by atoms with Crippen molar-refractivity contribution in [1.29, 1.82) is 0 Å². The van der Waals surface area contributed by atoms with E-state index in [1.54, 1.807) is 18.2 Å². The van der Waals surface area contributed by atoms with E-state index < -0.39 is 0 Å². The first-order chi connectivity index (χ1) is 12.7. The van der Waals surface area contributed by atoms with Crippen LogP contribution in [0.2, 0.25) is 0 Å². The second-order valence-corrected chi connectivity index (χ2v) is 6.13. The number of hydrogen-bond acceptors (Lipinski definition) is 3. The zero-order valence-corrected chi connectivity index (χ0v) is 14.1. The number of phenolic OH excluding ortho intramolecular Hbond substituents is 1. The van der Waals surface area contributed by atoms with E-state index >= 15 is 0 Å². The molecule has 3 aromatic carbocycles. The van der Waals surface area contributed by atoms with Crippen LogP contribution in [-0.2, 0) is 0 Å². The zero-order chi connectivity index (χ0) is 17.9. The molecule has 0 atom stereocenters. The summed E-state index contributed by atoms with van der Waals surface area (Å²) in [7, 11) is 0. The lowest BCUT2D eigenvalue weighted by Gasteiger charge is -2.21. The highest BCUT2D eigenvalue weighted by atomic mass is 16.3. The van der Waals surface area contributed by atoms with Gasteiger partial charge in [0.05, 0.1) is 5.56 Å². The third kappa shape index (κ3) is 3.05. The lowest BCUT2D eigenvalue weighted by Crippen LogP contribution is -2.15. The van der Waals surface area contributed by atoms with Crippen molar-refractivity contribution in [2.75, 3.05) is 17.2 Å². The molecule has 0 radical (unpaired) electrons. The minimum atomic E-state index is -0.333. The summed E-state index contributed by atoms with van der Waals surface area (Å²) in [4.78, 5) is 12.6. The van der Waals surface area contributed by atoms with Gasteiger partial charge in [-0.1, -0.05) is 48.5 Å². The molecular weight excluding hydrogens is 324 g/mol. The van der Waals surface area contributed by atoms with Gasteiger partial charge in [-0.15, -0.1) is 0 Å². The Labute approximate surface area is 151 Å². The maximum Gasteiger partial charge on any atom is 0.259 e. The lowest BCUT2D eigenvalue weighted by molar-refractivity contribution is 0.102. The number of hydrogen-bond donors (Lipinski definition) is 3. The summed E-state index contributed by atoms with van der Waals surface area (Å²) in [6.07, 6.45) is 2.14. The van der Waals surface area contributed by atoms with Crippen molar-refractivity contribution in [2.24, 2.45) is 0 Å². The molecule has 26 heavy (non-hydrogen) atoms. The van der Waals surface area contributed by atoms with Gasteiger partial charge in [-0.25, -0.2) is 0 Å². The molecule has 0 saturated carbocycles. The lowest BCUT2D eigenvalue weighted by atomic mass is 9.97. The third-order valence-electron chi connectivity index (χ3n) is 4.43. The van der Waals surface area contributed by atoms with E-state index in [4.69, 9.17) is 0 Å². The van der Waals surface area contributed by atoms with Crippen LogP contribution in [-0.4, -0.2) is 17.6 Å². The molecule has 0 aromatic heterocycles. The number of carbonyl (C=O) groups excluding carboxylic acids is 1. The Balaban J connectivity index is 1.67. The number of anilines is 2. The number of aromatic hydroxyl groups is 1. The predicted octanol–water partition coefficient (Wildman–Crippen LogP) is 4.61. The molecule has 128 valence electrons. The summed E-state index contributed by atoms with van der Waals surface area (Å²) in [5.74, 6) is -0.365. The molecule has 0 spiro atoms. The SMILES string of the molecule is O=C(Nc1ccccc1C1=Cc2ccccc2NC1)c1ccccc1O. The number of rotatable bonds is 3. The van der Waals surface area contributed by atoms with Crippen molar-refractivity contribution >= 4 is 28.9 Å². The number of nitrogens with one attached hydrogen (secondary N) is 2. The smallest absolute Gasteiger partial charge is 0.259 e. The first-order valence-electron chi connectivity index (χ1n) is 8.44. The van der Waals surface area contributed by atoms with E-state index in [1.807, 2.05) is 36.4 Å². The van der Waals surface area contributed by atoms with Crippen LogP contribution in [0.5, 0.6) is 5.75 Å². The fourth-order valence-electron chi connectivity index (χ4n) is 3.11. The van der Waals surface area contributed by atoms with E-state index in [9.17, 15) is 9.90 Å². The fraction of sp³-hybridized carbons (Fsp3) is 0.0455. The van der Waals surface area contributed by atoms with Gasteiger partial charge < -0.3 is 15.7 Å². The second-order valence-electron chi connectivity index (χ2n) is 6.13. The van der Waals surface area contributed by atoms with E-state index in [0.717, 1.165) is 22.4 Å². The van der Waals surface area contributed by atoms with Gasteiger partial charge in [0.2, 0.25) is 0 Å². The first kappa shape index (κ1) is 16.0. The van der Waals surface area contributed by atoms with Crippen molar-refractivity contribution in [2.45, 2.75) is 0 Å². The summed E-state index contributed by atoms with van der Waals surface area (Å²) in [5, 5.41) is 16.2. The molecular formula is C22H18N2O2. The van der Waals surface area contributed by atoms with E-state index in [0.29, 0.717) is 12.2 Å². The molecule has 0 saturated heterocycles. The molecule has 0 bridgehead atoms. The number of phenols is 1. The highest BCUT2D eigenvalue weighted by Gasteiger charge is 2.16. The van der Waals surface area contributed by atoms with E-state index in [-0.39, 0.29) is 17.2 Å². The van der Waals surface area contributed by atoms with Crippen LogP contribution < -0.4 is 10.6 Å². The summed E-state index contributed by atoms with van der Waals surface area (Å²) >= 11 is 0. The molecule has 0 unspecified atom stereocenters. The van der Waals surface area contributed by atoms with Crippen molar-refractivity contribution in [3.05, 3.63) is 89.5 Å². The number of amides is 1. The van der Waals surface area contributed by atoms with Gasteiger partial charge in [-0.3, -0.25) is 4.79 Å². The Kier molecular flexibility index (Phi) is 4.15. The molecule has 3 aromatic rings.